The van der Waals surface area contributed by atoms with E-state index in [1.54, 1.807) is 11.3 Å². The summed E-state index contributed by atoms with van der Waals surface area (Å²) in [5, 5.41) is 3.51. The molecule has 0 aliphatic heterocycles. The molecular weight excluding hydrogens is 819 g/mol. The van der Waals surface area contributed by atoms with Crippen molar-refractivity contribution in [3.05, 3.63) is 45.5 Å². The number of carbonyl (C=O) groups is 1. The molecule has 0 amide bonds. The Hall–Kier alpha value is -0.799. The topological polar surface area (TPSA) is 66.9 Å². The van der Waals surface area contributed by atoms with Gasteiger partial charge in [0.05, 0.1) is 35.4 Å². The van der Waals surface area contributed by atoms with Gasteiger partial charge in [-0.05, 0) is 134 Å². The third-order valence-corrected chi connectivity index (χ3v) is 28.6. The van der Waals surface area contributed by atoms with Crippen LogP contribution < -0.4 is 0 Å². The molecule has 342 valence electrons. The van der Waals surface area contributed by atoms with E-state index < -0.39 is 35.3 Å². The molecule has 0 radical (unpaired) electrons. The van der Waals surface area contributed by atoms with Crippen LogP contribution in [0.1, 0.15) is 155 Å². The summed E-state index contributed by atoms with van der Waals surface area (Å²) in [4.78, 5) is 18.1. The summed E-state index contributed by atoms with van der Waals surface area (Å²) in [6.45, 7) is 55.9. The van der Waals surface area contributed by atoms with E-state index in [4.69, 9.17) is 23.0 Å². The number of allylic oxidation sites excluding steroid dienone is 2. The highest BCUT2D eigenvalue weighted by molar-refractivity contribution is 8.01. The summed E-state index contributed by atoms with van der Waals surface area (Å²) in [6, 6.07) is 0. The van der Waals surface area contributed by atoms with Gasteiger partial charge in [-0.3, -0.25) is 4.79 Å². The van der Waals surface area contributed by atoms with E-state index >= 15 is 0 Å². The Labute approximate surface area is 376 Å². The molecule has 6 nitrogen and oxygen atoms in total. The summed E-state index contributed by atoms with van der Waals surface area (Å²) >= 11 is 3.58. The summed E-state index contributed by atoms with van der Waals surface area (Å²) in [6.07, 6.45) is 10.8. The molecule has 0 aliphatic rings. The monoisotopic (exact) mass is 910 g/mol. The number of thiazole rings is 1. The van der Waals surface area contributed by atoms with E-state index in [0.29, 0.717) is 0 Å². The number of hydrogen-bond acceptors (Lipinski definition) is 8. The van der Waals surface area contributed by atoms with Crippen LogP contribution in [-0.4, -0.2) is 69.8 Å². The quantitative estimate of drug-likeness (QED) is 0.0733. The van der Waals surface area contributed by atoms with Crippen molar-refractivity contribution in [3.63, 3.8) is 0 Å². The molecule has 5 atom stereocenters. The fourth-order valence-electron chi connectivity index (χ4n) is 5.87. The predicted octanol–water partition coefficient (Wildman–Crippen LogP) is 15.6. The van der Waals surface area contributed by atoms with Crippen LogP contribution in [0.3, 0.4) is 0 Å². The van der Waals surface area contributed by atoms with Crippen LogP contribution in [0.15, 0.2) is 34.8 Å². The minimum Gasteiger partial charge on any atom is -0.460 e. The number of esters is 1. The maximum Gasteiger partial charge on any atom is 0.308 e. The molecular formula is C48H91NO5S2Si3. The average molecular weight is 911 g/mol. The van der Waals surface area contributed by atoms with E-state index in [9.17, 15) is 4.79 Å². The lowest BCUT2D eigenvalue weighted by Crippen LogP contribution is -2.52. The van der Waals surface area contributed by atoms with Crippen molar-refractivity contribution in [1.29, 1.82) is 0 Å². The minimum absolute atomic E-state index is 0.000399. The number of thioether (sulfide) groups is 1. The van der Waals surface area contributed by atoms with Crippen LogP contribution in [0.4, 0.5) is 0 Å². The fraction of sp³-hybridized carbons (Fsp3) is 0.792. The molecule has 0 saturated carbocycles. The van der Waals surface area contributed by atoms with Gasteiger partial charge in [0, 0.05) is 21.3 Å². The van der Waals surface area contributed by atoms with Crippen molar-refractivity contribution < 1.29 is 22.8 Å². The number of ether oxygens (including phenoxy) is 1. The minimum atomic E-state index is -2.23. The number of hydrogen-bond donors (Lipinski definition) is 0. The van der Waals surface area contributed by atoms with E-state index in [1.807, 2.05) is 32.5 Å². The van der Waals surface area contributed by atoms with Crippen molar-refractivity contribution in [2.75, 3.05) is 0 Å². The van der Waals surface area contributed by atoms with Crippen LogP contribution in [0.25, 0.3) is 6.08 Å². The van der Waals surface area contributed by atoms with Crippen molar-refractivity contribution >= 4 is 60.1 Å². The number of aryl methyl sites for hydroxylation is 1. The maximum atomic E-state index is 13.4. The Kier molecular flexibility index (Phi) is 20.3. The summed E-state index contributed by atoms with van der Waals surface area (Å²) in [5.74, 6) is -0.0443. The van der Waals surface area contributed by atoms with Crippen LogP contribution in [0.2, 0.25) is 54.4 Å². The van der Waals surface area contributed by atoms with Gasteiger partial charge in [-0.15, -0.1) is 23.1 Å². The van der Waals surface area contributed by atoms with E-state index in [-0.39, 0.29) is 57.0 Å². The van der Waals surface area contributed by atoms with Gasteiger partial charge in [0.1, 0.15) is 5.60 Å². The number of aromatic nitrogens is 1. The van der Waals surface area contributed by atoms with Crippen LogP contribution in [-0.2, 0) is 22.8 Å². The Morgan fingerprint density at radius 3 is 1.75 bits per heavy atom. The molecule has 1 unspecified atom stereocenters. The molecule has 11 heteroatoms. The number of rotatable bonds is 20. The van der Waals surface area contributed by atoms with Gasteiger partial charge in [-0.2, -0.15) is 0 Å². The van der Waals surface area contributed by atoms with Gasteiger partial charge in [0.25, 0.3) is 0 Å². The fourth-order valence-corrected chi connectivity index (χ4v) is 12.5. The van der Waals surface area contributed by atoms with E-state index in [1.165, 1.54) is 11.1 Å². The predicted molar refractivity (Wildman–Crippen MR) is 270 cm³/mol. The normalized spacial score (nSPS) is 17.6. The Morgan fingerprint density at radius 1 is 0.797 bits per heavy atom. The molecule has 0 aliphatic carbocycles. The highest BCUT2D eigenvalue weighted by atomic mass is 32.2. The molecule has 0 N–H and O–H groups in total. The molecule has 1 rings (SSSR count). The SMILES string of the molecule is C/C(=C/C[C@H](O[Si](C)(C)C(C)(C)C)/C(C)=C/c1csc(C)n1)C/C=C\[C@H](C)[C@H](O[Si](C)(C)C(C)(C)C)[C@@H](C)SC(C)(C)C(CC(=O)OC(C)(C)C)O[Si](C)(C)C(C)(C)C. The molecule has 0 saturated heterocycles. The third-order valence-electron chi connectivity index (χ3n) is 12.8. The van der Waals surface area contributed by atoms with Gasteiger partial charge >= 0.3 is 5.97 Å². The molecule has 0 spiro atoms. The van der Waals surface area contributed by atoms with E-state index in [0.717, 1.165) is 23.5 Å². The Morgan fingerprint density at radius 2 is 1.29 bits per heavy atom. The van der Waals surface area contributed by atoms with Crippen molar-refractivity contribution in [2.24, 2.45) is 5.92 Å². The second-order valence-electron chi connectivity index (χ2n) is 23.3. The molecule has 0 aromatic carbocycles. The highest BCUT2D eigenvalue weighted by Crippen LogP contribution is 2.46. The zero-order chi connectivity index (χ0) is 46.4. The Balaban J connectivity index is 3.47. The third kappa shape index (κ3) is 18.4. The molecule has 59 heavy (non-hydrogen) atoms. The first-order valence-corrected chi connectivity index (χ1v) is 32.6. The van der Waals surface area contributed by atoms with E-state index in [2.05, 4.69) is 180 Å². The molecule has 1 aromatic rings. The average Bonchev–Trinajstić information content (AvgIpc) is 3.42. The van der Waals surface area contributed by atoms with Crippen LogP contribution >= 0.6 is 23.1 Å². The first kappa shape index (κ1) is 56.2. The first-order valence-electron chi connectivity index (χ1n) is 22.1. The largest absolute Gasteiger partial charge is 0.460 e. The van der Waals surface area contributed by atoms with Gasteiger partial charge in [0.15, 0.2) is 25.0 Å². The van der Waals surface area contributed by atoms with Crippen molar-refractivity contribution in [1.82, 2.24) is 4.98 Å². The molecule has 1 heterocycles. The summed E-state index contributed by atoms with van der Waals surface area (Å²) < 4.78 is 27.0. The van der Waals surface area contributed by atoms with Crippen LogP contribution in [0.5, 0.6) is 0 Å². The standard InChI is InChI=1S/C48H91NO5S2Si3/c1-34(29-30-40(52-57(20,21)45(9,10)11)36(3)31-39-33-55-38(5)49-39)27-26-28-35(2)43(54-59(24,25)47(15,16)17)37(4)56-48(18,19)41(32-42(50)51-44(6,7)8)53-58(22,23)46(12,13)14/h26,28-29,31,33,35,37,40-41,43H,27,30,32H2,1-25H3/b28-26-,34-29-,36-31+/t35-,37+,40-,41?,43-/m0/s1. The smallest absolute Gasteiger partial charge is 0.308 e. The first-order chi connectivity index (χ1) is 26.2. The van der Waals surface area contributed by atoms with Gasteiger partial charge in [0.2, 0.25) is 0 Å². The lowest BCUT2D eigenvalue weighted by molar-refractivity contribution is -0.157. The number of nitrogens with zero attached hydrogens (tertiary/aromatic N) is 1. The second kappa shape index (κ2) is 21.3. The lowest BCUT2D eigenvalue weighted by atomic mass is 10.00. The molecule has 0 bridgehead atoms. The van der Waals surface area contributed by atoms with Crippen molar-refractivity contribution in [3.8, 4) is 0 Å². The van der Waals surface area contributed by atoms with Gasteiger partial charge < -0.3 is 18.0 Å². The second-order valence-corrected chi connectivity index (χ2v) is 40.6. The molecule has 0 fully saturated rings. The van der Waals surface area contributed by atoms with Crippen molar-refractivity contribution in [2.45, 2.75) is 239 Å². The van der Waals surface area contributed by atoms with Gasteiger partial charge in [-0.25, -0.2) is 4.98 Å². The Bertz CT molecular complexity index is 1580. The lowest BCUT2D eigenvalue weighted by Gasteiger charge is -2.46. The van der Waals surface area contributed by atoms with Gasteiger partial charge in [-0.1, -0.05) is 100.0 Å². The zero-order valence-corrected chi connectivity index (χ0v) is 47.3. The highest BCUT2D eigenvalue weighted by Gasteiger charge is 2.47. The van der Waals surface area contributed by atoms with Crippen LogP contribution in [0, 0.1) is 12.8 Å². The summed E-state index contributed by atoms with van der Waals surface area (Å²) in [7, 11) is -6.39. The summed E-state index contributed by atoms with van der Waals surface area (Å²) in [5.41, 5.74) is 3.00. The zero-order valence-electron chi connectivity index (χ0n) is 42.7. The maximum absolute atomic E-state index is 13.4. The molecule has 1 aromatic heterocycles. The number of carbonyl (C=O) groups excluding carboxylic acids is 1.